The van der Waals surface area contributed by atoms with Gasteiger partial charge in [-0.25, -0.2) is 9.97 Å². The average molecular weight is 250 g/mol. The lowest BCUT2D eigenvalue weighted by Crippen LogP contribution is -1.87. The minimum atomic E-state index is 0.334. The lowest BCUT2D eigenvalue weighted by Gasteiger charge is -1.98. The van der Waals surface area contributed by atoms with E-state index >= 15 is 0 Å². The van der Waals surface area contributed by atoms with Crippen LogP contribution < -0.4 is 4.74 Å². The number of nitrogens with zero attached hydrogens (tertiary/aromatic N) is 3. The SMILES string of the molecule is COc1nc(Cl)cc2oc(-n3ccnc3)cc12. The van der Waals surface area contributed by atoms with Crippen molar-refractivity contribution < 1.29 is 9.15 Å². The van der Waals surface area contributed by atoms with Gasteiger partial charge < -0.3 is 9.15 Å². The van der Waals surface area contributed by atoms with Gasteiger partial charge in [0.2, 0.25) is 11.8 Å². The van der Waals surface area contributed by atoms with Crippen molar-refractivity contribution in [1.29, 1.82) is 0 Å². The van der Waals surface area contributed by atoms with Gasteiger partial charge >= 0.3 is 0 Å². The third-order valence-electron chi connectivity index (χ3n) is 2.39. The number of furan rings is 1. The van der Waals surface area contributed by atoms with E-state index in [0.29, 0.717) is 22.5 Å². The molecular weight excluding hydrogens is 242 g/mol. The first-order chi connectivity index (χ1) is 8.28. The number of aromatic nitrogens is 3. The van der Waals surface area contributed by atoms with Crippen LogP contribution in [-0.4, -0.2) is 21.6 Å². The van der Waals surface area contributed by atoms with Gasteiger partial charge in [-0.15, -0.1) is 0 Å². The molecule has 17 heavy (non-hydrogen) atoms. The number of pyridine rings is 1. The second kappa shape index (κ2) is 3.78. The van der Waals surface area contributed by atoms with E-state index in [1.165, 1.54) is 0 Å². The van der Waals surface area contributed by atoms with Crippen molar-refractivity contribution in [3.8, 4) is 11.8 Å². The molecule has 0 fully saturated rings. The summed E-state index contributed by atoms with van der Waals surface area (Å²) in [5.41, 5.74) is 0.630. The van der Waals surface area contributed by atoms with Crippen LogP contribution in [0.3, 0.4) is 0 Å². The zero-order valence-corrected chi connectivity index (χ0v) is 9.68. The summed E-state index contributed by atoms with van der Waals surface area (Å²) in [7, 11) is 1.54. The topological polar surface area (TPSA) is 53.1 Å². The molecule has 0 saturated carbocycles. The molecule has 5 nitrogen and oxygen atoms in total. The molecular formula is C11H8ClN3O2. The Balaban J connectivity index is 2.25. The second-order valence-corrected chi connectivity index (χ2v) is 3.81. The molecule has 0 unspecified atom stereocenters. The quantitative estimate of drug-likeness (QED) is 0.655. The predicted octanol–water partition coefficient (Wildman–Crippen LogP) is 2.68. The number of hydrogen-bond donors (Lipinski definition) is 0. The Labute approximate surface area is 102 Å². The average Bonchev–Trinajstić information content (AvgIpc) is 2.95. The number of hydrogen-bond acceptors (Lipinski definition) is 4. The van der Waals surface area contributed by atoms with E-state index in [4.69, 9.17) is 20.8 Å². The van der Waals surface area contributed by atoms with Crippen molar-refractivity contribution >= 4 is 22.6 Å². The Morgan fingerprint density at radius 2 is 2.29 bits per heavy atom. The fourth-order valence-electron chi connectivity index (χ4n) is 1.64. The van der Waals surface area contributed by atoms with Gasteiger partial charge in [0.05, 0.1) is 12.5 Å². The van der Waals surface area contributed by atoms with E-state index in [2.05, 4.69) is 9.97 Å². The summed E-state index contributed by atoms with van der Waals surface area (Å²) < 4.78 is 12.6. The molecule has 0 aromatic carbocycles. The molecule has 3 rings (SSSR count). The van der Waals surface area contributed by atoms with Gasteiger partial charge in [0.25, 0.3) is 0 Å². The van der Waals surface area contributed by atoms with Gasteiger partial charge in [-0.3, -0.25) is 4.57 Å². The zero-order valence-electron chi connectivity index (χ0n) is 8.92. The van der Waals surface area contributed by atoms with E-state index in [1.54, 1.807) is 36.5 Å². The highest BCUT2D eigenvalue weighted by Gasteiger charge is 2.12. The summed E-state index contributed by atoms with van der Waals surface area (Å²) in [5.74, 6) is 1.09. The van der Waals surface area contributed by atoms with Gasteiger partial charge in [-0.05, 0) is 0 Å². The van der Waals surface area contributed by atoms with Gasteiger partial charge in [0, 0.05) is 24.5 Å². The highest BCUT2D eigenvalue weighted by Crippen LogP contribution is 2.30. The molecule has 3 aromatic heterocycles. The van der Waals surface area contributed by atoms with Crippen LogP contribution in [0.2, 0.25) is 5.15 Å². The molecule has 0 bridgehead atoms. The van der Waals surface area contributed by atoms with Crippen molar-refractivity contribution in [2.24, 2.45) is 0 Å². The minimum Gasteiger partial charge on any atom is -0.480 e. The largest absolute Gasteiger partial charge is 0.480 e. The number of imidazole rings is 1. The predicted molar refractivity (Wildman–Crippen MR) is 62.7 cm³/mol. The molecule has 0 amide bonds. The van der Waals surface area contributed by atoms with Crippen LogP contribution >= 0.6 is 11.6 Å². The highest BCUT2D eigenvalue weighted by atomic mass is 35.5. The lowest BCUT2D eigenvalue weighted by molar-refractivity contribution is 0.403. The Morgan fingerprint density at radius 1 is 1.41 bits per heavy atom. The van der Waals surface area contributed by atoms with Crippen LogP contribution in [0.5, 0.6) is 5.88 Å². The summed E-state index contributed by atoms with van der Waals surface area (Å²) in [6.45, 7) is 0. The van der Waals surface area contributed by atoms with Crippen molar-refractivity contribution in [2.75, 3.05) is 7.11 Å². The highest BCUT2D eigenvalue weighted by molar-refractivity contribution is 6.30. The number of fused-ring (bicyclic) bond motifs is 1. The summed E-state index contributed by atoms with van der Waals surface area (Å²) in [4.78, 5) is 8.03. The first kappa shape index (κ1) is 10.2. The third kappa shape index (κ3) is 1.64. The molecule has 0 aliphatic rings. The zero-order chi connectivity index (χ0) is 11.8. The van der Waals surface area contributed by atoms with Crippen molar-refractivity contribution in [3.05, 3.63) is 36.0 Å². The van der Waals surface area contributed by atoms with Crippen molar-refractivity contribution in [1.82, 2.24) is 14.5 Å². The van der Waals surface area contributed by atoms with Crippen LogP contribution in [0.25, 0.3) is 16.9 Å². The van der Waals surface area contributed by atoms with Crippen LogP contribution in [0, 0.1) is 0 Å². The molecule has 0 atom stereocenters. The fourth-order valence-corrected chi connectivity index (χ4v) is 1.81. The van der Waals surface area contributed by atoms with E-state index in [-0.39, 0.29) is 0 Å². The summed E-state index contributed by atoms with van der Waals surface area (Å²) in [6, 6.07) is 3.49. The Morgan fingerprint density at radius 3 is 3.00 bits per heavy atom. The first-order valence-corrected chi connectivity index (χ1v) is 5.28. The normalized spacial score (nSPS) is 10.9. The Bertz CT molecular complexity index is 661. The monoisotopic (exact) mass is 249 g/mol. The van der Waals surface area contributed by atoms with Crippen LogP contribution in [0.15, 0.2) is 35.3 Å². The molecule has 3 heterocycles. The lowest BCUT2D eigenvalue weighted by atomic mass is 10.3. The molecule has 86 valence electrons. The van der Waals surface area contributed by atoms with E-state index in [1.807, 2.05) is 6.07 Å². The fraction of sp³-hybridized carbons (Fsp3) is 0.0909. The van der Waals surface area contributed by atoms with Crippen molar-refractivity contribution in [3.63, 3.8) is 0 Å². The number of halogens is 1. The second-order valence-electron chi connectivity index (χ2n) is 3.42. The third-order valence-corrected chi connectivity index (χ3v) is 2.58. The van der Waals surface area contributed by atoms with Gasteiger partial charge in [0.15, 0.2) is 0 Å². The maximum Gasteiger partial charge on any atom is 0.225 e. The van der Waals surface area contributed by atoms with E-state index in [9.17, 15) is 0 Å². The molecule has 0 spiro atoms. The number of rotatable bonds is 2. The van der Waals surface area contributed by atoms with E-state index in [0.717, 1.165) is 5.39 Å². The Hall–Kier alpha value is -2.01. The van der Waals surface area contributed by atoms with Crippen LogP contribution in [0.4, 0.5) is 0 Å². The summed E-state index contributed by atoms with van der Waals surface area (Å²) >= 11 is 5.87. The van der Waals surface area contributed by atoms with Gasteiger partial charge in [-0.2, -0.15) is 0 Å². The molecule has 0 radical (unpaired) electrons. The van der Waals surface area contributed by atoms with Crippen LogP contribution in [-0.2, 0) is 0 Å². The maximum atomic E-state index is 5.87. The van der Waals surface area contributed by atoms with Crippen molar-refractivity contribution in [2.45, 2.75) is 0 Å². The molecule has 6 heteroatoms. The number of methoxy groups -OCH3 is 1. The van der Waals surface area contributed by atoms with Gasteiger partial charge in [0.1, 0.15) is 17.1 Å². The molecule has 3 aromatic rings. The smallest absolute Gasteiger partial charge is 0.225 e. The Kier molecular flexibility index (Phi) is 2.26. The first-order valence-electron chi connectivity index (χ1n) is 4.90. The summed E-state index contributed by atoms with van der Waals surface area (Å²) in [6.07, 6.45) is 5.12. The molecule has 0 aliphatic carbocycles. The summed E-state index contributed by atoms with van der Waals surface area (Å²) in [5, 5.41) is 1.11. The molecule has 0 N–H and O–H groups in total. The maximum absolute atomic E-state index is 5.87. The minimum absolute atomic E-state index is 0.334. The number of ether oxygens (including phenoxy) is 1. The molecule has 0 saturated heterocycles. The standard InChI is InChI=1S/C11H8ClN3O2/c1-16-11-7-4-10(15-3-2-13-6-15)17-8(7)5-9(12)14-11/h2-6H,1H3. The molecule has 0 aliphatic heterocycles. The van der Waals surface area contributed by atoms with E-state index < -0.39 is 0 Å². The van der Waals surface area contributed by atoms with Gasteiger partial charge in [-0.1, -0.05) is 11.6 Å². The van der Waals surface area contributed by atoms with Crippen LogP contribution in [0.1, 0.15) is 0 Å².